The first kappa shape index (κ1) is 14.0. The zero-order valence-electron chi connectivity index (χ0n) is 7.91. The topological polar surface area (TPSA) is 69.4 Å². The van der Waals surface area contributed by atoms with Gasteiger partial charge in [-0.15, -0.1) is 0 Å². The summed E-state index contributed by atoms with van der Waals surface area (Å²) in [5, 5.41) is -0.0172. The molecule has 0 unspecified atom stereocenters. The average molecular weight is 305 g/mol. The predicted octanol–water partition coefficient (Wildman–Crippen LogP) is 2.31. The molecule has 90 valence electrons. The first-order valence-corrected chi connectivity index (χ1v) is 6.67. The Kier molecular flexibility index (Phi) is 4.85. The van der Waals surface area contributed by atoms with Gasteiger partial charge in [-0.05, 0) is 12.1 Å². The van der Waals surface area contributed by atoms with Gasteiger partial charge in [-0.25, -0.2) is 0 Å². The molecule has 0 aliphatic rings. The van der Waals surface area contributed by atoms with Crippen LogP contribution in [-0.4, -0.2) is 21.6 Å². The molecule has 8 heteroatoms. The molecular formula is C8H8Cl3NO3S. The van der Waals surface area contributed by atoms with Gasteiger partial charge in [0, 0.05) is 6.54 Å². The minimum atomic E-state index is -3.95. The second kappa shape index (κ2) is 5.53. The van der Waals surface area contributed by atoms with Crippen molar-refractivity contribution < 1.29 is 12.6 Å². The Bertz CT molecular complexity index is 490. The summed E-state index contributed by atoms with van der Waals surface area (Å²) >= 11 is 17.1. The quantitative estimate of drug-likeness (QED) is 0.684. The molecule has 0 amide bonds. The molecular weight excluding hydrogens is 297 g/mol. The van der Waals surface area contributed by atoms with E-state index in [0.717, 1.165) is 0 Å². The fourth-order valence-corrected chi connectivity index (χ4v) is 2.80. The fraction of sp³-hybridized carbons (Fsp3) is 0.250. The van der Waals surface area contributed by atoms with E-state index in [0.29, 0.717) is 0 Å². The maximum absolute atomic E-state index is 11.6. The Labute approximate surface area is 108 Å². The number of benzene rings is 1. The highest BCUT2D eigenvalue weighted by atomic mass is 35.5. The number of halogens is 3. The van der Waals surface area contributed by atoms with Gasteiger partial charge in [0.2, 0.25) is 0 Å². The fourth-order valence-electron chi connectivity index (χ4n) is 0.923. The lowest BCUT2D eigenvalue weighted by atomic mass is 10.4. The molecule has 0 saturated carbocycles. The molecule has 1 aromatic rings. The van der Waals surface area contributed by atoms with Gasteiger partial charge < -0.3 is 5.73 Å². The molecule has 0 spiro atoms. The molecule has 4 nitrogen and oxygen atoms in total. The lowest BCUT2D eigenvalue weighted by Gasteiger charge is -2.08. The SMILES string of the molecule is NCCOS(=O)(=O)c1ccc(Cl)c(Cl)c1Cl. The van der Waals surface area contributed by atoms with Gasteiger partial charge in [0.25, 0.3) is 10.1 Å². The minimum absolute atomic E-state index is 0.0271. The molecule has 0 fully saturated rings. The standard InChI is InChI=1S/C8H8Cl3NO3S/c9-5-1-2-6(8(11)7(5)10)16(13,14)15-4-3-12/h1-2H,3-4,12H2. The number of hydrogen-bond acceptors (Lipinski definition) is 4. The van der Waals surface area contributed by atoms with Crippen molar-refractivity contribution in [3.63, 3.8) is 0 Å². The molecule has 0 bridgehead atoms. The van der Waals surface area contributed by atoms with E-state index in [1.807, 2.05) is 0 Å². The Morgan fingerprint density at radius 2 is 1.81 bits per heavy atom. The molecule has 0 aliphatic carbocycles. The monoisotopic (exact) mass is 303 g/mol. The van der Waals surface area contributed by atoms with Crippen LogP contribution in [0, 0.1) is 0 Å². The van der Waals surface area contributed by atoms with E-state index in [4.69, 9.17) is 40.5 Å². The van der Waals surface area contributed by atoms with Crippen LogP contribution in [0.5, 0.6) is 0 Å². The third kappa shape index (κ3) is 3.00. The van der Waals surface area contributed by atoms with Crippen molar-refractivity contribution in [2.24, 2.45) is 5.73 Å². The van der Waals surface area contributed by atoms with Crippen LogP contribution in [0.3, 0.4) is 0 Å². The van der Waals surface area contributed by atoms with Crippen LogP contribution >= 0.6 is 34.8 Å². The van der Waals surface area contributed by atoms with Crippen LogP contribution in [0.25, 0.3) is 0 Å². The van der Waals surface area contributed by atoms with Gasteiger partial charge in [0.15, 0.2) is 0 Å². The largest absolute Gasteiger partial charge is 0.328 e. The molecule has 16 heavy (non-hydrogen) atoms. The zero-order chi connectivity index (χ0) is 12.3. The maximum atomic E-state index is 11.6. The summed E-state index contributed by atoms with van der Waals surface area (Å²) in [6.45, 7) is -0.0446. The molecule has 0 aliphatic heterocycles. The van der Waals surface area contributed by atoms with Crippen LogP contribution in [-0.2, 0) is 14.3 Å². The molecule has 2 N–H and O–H groups in total. The minimum Gasteiger partial charge on any atom is -0.328 e. The highest BCUT2D eigenvalue weighted by Crippen LogP contribution is 2.35. The van der Waals surface area contributed by atoms with Crippen molar-refractivity contribution in [2.45, 2.75) is 4.90 Å². The summed E-state index contributed by atoms with van der Waals surface area (Å²) in [6.07, 6.45) is 0. The van der Waals surface area contributed by atoms with Crippen molar-refractivity contribution in [1.82, 2.24) is 0 Å². The van der Waals surface area contributed by atoms with E-state index < -0.39 is 10.1 Å². The molecule has 0 radical (unpaired) electrons. The van der Waals surface area contributed by atoms with Crippen LogP contribution in [0.15, 0.2) is 17.0 Å². The van der Waals surface area contributed by atoms with Crippen LogP contribution in [0.2, 0.25) is 15.1 Å². The highest BCUT2D eigenvalue weighted by Gasteiger charge is 2.21. The molecule has 0 saturated heterocycles. The van der Waals surface area contributed by atoms with Crippen molar-refractivity contribution in [3.8, 4) is 0 Å². The molecule has 0 aromatic heterocycles. The smallest absolute Gasteiger partial charge is 0.298 e. The van der Waals surface area contributed by atoms with E-state index in [9.17, 15) is 8.42 Å². The van der Waals surface area contributed by atoms with E-state index in [1.54, 1.807) is 0 Å². The van der Waals surface area contributed by atoms with Crippen molar-refractivity contribution >= 4 is 44.9 Å². The second-order valence-electron chi connectivity index (χ2n) is 2.74. The van der Waals surface area contributed by atoms with Gasteiger partial charge in [0.1, 0.15) is 4.90 Å². The normalized spacial score (nSPS) is 11.8. The Morgan fingerprint density at radius 1 is 1.19 bits per heavy atom. The van der Waals surface area contributed by atoms with Gasteiger partial charge in [0.05, 0.1) is 21.7 Å². The summed E-state index contributed by atoms with van der Waals surface area (Å²) in [5.41, 5.74) is 5.14. The first-order chi connectivity index (χ1) is 7.40. The second-order valence-corrected chi connectivity index (χ2v) is 5.49. The first-order valence-electron chi connectivity index (χ1n) is 4.13. The predicted molar refractivity (Wildman–Crippen MR) is 63.7 cm³/mol. The Morgan fingerprint density at radius 3 is 2.38 bits per heavy atom. The Hall–Kier alpha value is -0.0400. The average Bonchev–Trinajstić information content (AvgIpc) is 2.23. The van der Waals surface area contributed by atoms with Gasteiger partial charge >= 0.3 is 0 Å². The van der Waals surface area contributed by atoms with Crippen LogP contribution in [0.1, 0.15) is 0 Å². The summed E-state index contributed by atoms with van der Waals surface area (Å²) in [7, 11) is -3.95. The molecule has 1 aromatic carbocycles. The molecule has 1 rings (SSSR count). The molecule has 0 heterocycles. The zero-order valence-corrected chi connectivity index (χ0v) is 11.0. The summed E-state index contributed by atoms with van der Waals surface area (Å²) in [6, 6.07) is 2.55. The highest BCUT2D eigenvalue weighted by molar-refractivity contribution is 7.86. The number of hydrogen-bond donors (Lipinski definition) is 1. The van der Waals surface area contributed by atoms with E-state index in [-0.39, 0.29) is 33.1 Å². The third-order valence-corrected chi connectivity index (χ3v) is 4.39. The van der Waals surface area contributed by atoms with Crippen LogP contribution in [0.4, 0.5) is 0 Å². The number of rotatable bonds is 4. The van der Waals surface area contributed by atoms with Crippen molar-refractivity contribution in [1.29, 1.82) is 0 Å². The van der Waals surface area contributed by atoms with Crippen molar-refractivity contribution in [3.05, 3.63) is 27.2 Å². The van der Waals surface area contributed by atoms with Gasteiger partial charge in [-0.1, -0.05) is 34.8 Å². The van der Waals surface area contributed by atoms with Crippen molar-refractivity contribution in [2.75, 3.05) is 13.2 Å². The van der Waals surface area contributed by atoms with E-state index in [2.05, 4.69) is 4.18 Å². The van der Waals surface area contributed by atoms with Gasteiger partial charge in [-0.3, -0.25) is 4.18 Å². The maximum Gasteiger partial charge on any atom is 0.298 e. The number of nitrogens with two attached hydrogens (primary N) is 1. The summed E-state index contributed by atoms with van der Waals surface area (Å²) in [5.74, 6) is 0. The summed E-state index contributed by atoms with van der Waals surface area (Å²) < 4.78 is 27.8. The lowest BCUT2D eigenvalue weighted by molar-refractivity contribution is 0.327. The van der Waals surface area contributed by atoms with E-state index >= 15 is 0 Å². The van der Waals surface area contributed by atoms with Gasteiger partial charge in [-0.2, -0.15) is 8.42 Å². The molecule has 0 atom stereocenters. The summed E-state index contributed by atoms with van der Waals surface area (Å²) in [4.78, 5) is -0.225. The van der Waals surface area contributed by atoms with Crippen LogP contribution < -0.4 is 5.73 Å². The lowest BCUT2D eigenvalue weighted by Crippen LogP contribution is -2.14. The van der Waals surface area contributed by atoms with E-state index in [1.165, 1.54) is 12.1 Å². The third-order valence-electron chi connectivity index (χ3n) is 1.63. The Balaban J connectivity index is 3.19.